The van der Waals surface area contributed by atoms with Gasteiger partial charge in [-0.2, -0.15) is 0 Å². The van der Waals surface area contributed by atoms with Gasteiger partial charge in [-0.15, -0.1) is 22.9 Å². The first-order valence-electron chi connectivity index (χ1n) is 6.40. The van der Waals surface area contributed by atoms with E-state index in [2.05, 4.69) is 9.71 Å². The first kappa shape index (κ1) is 17.0. The van der Waals surface area contributed by atoms with Crippen LogP contribution in [0, 0.1) is 5.92 Å². The minimum Gasteiger partial charge on any atom is -0.230 e. The van der Waals surface area contributed by atoms with Gasteiger partial charge in [0.05, 0.1) is 15.1 Å². The fraction of sp³-hybridized carbons (Fsp3) is 0.462. The smallest absolute Gasteiger partial charge is 0.230 e. The van der Waals surface area contributed by atoms with Gasteiger partial charge in [-0.3, -0.25) is 0 Å². The molecule has 116 valence electrons. The third-order valence-electron chi connectivity index (χ3n) is 3.10. The van der Waals surface area contributed by atoms with Gasteiger partial charge in [0.25, 0.3) is 0 Å². The lowest BCUT2D eigenvalue weighted by molar-refractivity contribution is 0.480. The summed E-state index contributed by atoms with van der Waals surface area (Å²) in [4.78, 5) is 4.66. The Bertz CT molecular complexity index is 728. The average Bonchev–Trinajstić information content (AvgIpc) is 2.86. The van der Waals surface area contributed by atoms with Gasteiger partial charge in [-0.25, -0.2) is 18.1 Å². The molecule has 1 aromatic heterocycles. The fourth-order valence-corrected chi connectivity index (χ4v) is 5.29. The molecule has 0 aliphatic rings. The molecule has 1 heterocycles. The summed E-state index contributed by atoms with van der Waals surface area (Å²) in [7, 11) is -3.57. The molecule has 4 nitrogen and oxygen atoms in total. The molecular weight excluding hydrogens is 348 g/mol. The lowest BCUT2D eigenvalue weighted by Crippen LogP contribution is -2.39. The predicted molar refractivity (Wildman–Crippen MR) is 91.1 cm³/mol. The Morgan fingerprint density at radius 2 is 2.14 bits per heavy atom. The van der Waals surface area contributed by atoms with Gasteiger partial charge in [0.2, 0.25) is 10.0 Å². The van der Waals surface area contributed by atoms with Crippen molar-refractivity contribution in [2.45, 2.75) is 29.1 Å². The van der Waals surface area contributed by atoms with Crippen molar-refractivity contribution in [1.82, 2.24) is 9.71 Å². The van der Waals surface area contributed by atoms with Crippen LogP contribution in [0.15, 0.2) is 27.4 Å². The Kier molecular flexibility index (Phi) is 5.54. The average molecular weight is 365 g/mol. The molecule has 0 saturated carbocycles. The van der Waals surface area contributed by atoms with Crippen LogP contribution < -0.4 is 4.72 Å². The molecule has 0 radical (unpaired) electrons. The van der Waals surface area contributed by atoms with Gasteiger partial charge in [0.1, 0.15) is 0 Å². The number of alkyl halides is 1. The molecule has 0 unspecified atom stereocenters. The zero-order chi connectivity index (χ0) is 15.6. The number of sulfonamides is 1. The summed E-state index contributed by atoms with van der Waals surface area (Å²) in [5.41, 5.74) is 0.820. The highest BCUT2D eigenvalue weighted by atomic mass is 35.5. The number of rotatable bonds is 6. The van der Waals surface area contributed by atoms with E-state index in [0.29, 0.717) is 0 Å². The lowest BCUT2D eigenvalue weighted by Gasteiger charge is -2.19. The number of hydrogen-bond donors (Lipinski definition) is 1. The minimum atomic E-state index is -3.57. The molecule has 0 aliphatic heterocycles. The Hall–Kier alpha value is -0.340. The number of benzene rings is 1. The van der Waals surface area contributed by atoms with E-state index in [-0.39, 0.29) is 22.7 Å². The van der Waals surface area contributed by atoms with E-state index in [1.807, 2.05) is 20.1 Å². The third kappa shape index (κ3) is 3.90. The summed E-state index contributed by atoms with van der Waals surface area (Å²) in [5.74, 6) is 0.378. The van der Waals surface area contributed by atoms with Crippen molar-refractivity contribution in [3.63, 3.8) is 0 Å². The van der Waals surface area contributed by atoms with Crippen molar-refractivity contribution in [2.24, 2.45) is 5.92 Å². The first-order valence-corrected chi connectivity index (χ1v) is 10.5. The quantitative estimate of drug-likeness (QED) is 0.629. The molecule has 0 amide bonds. The van der Waals surface area contributed by atoms with Crippen molar-refractivity contribution in [3.8, 4) is 0 Å². The van der Waals surface area contributed by atoms with Gasteiger partial charge in [-0.1, -0.05) is 25.6 Å². The van der Waals surface area contributed by atoms with Crippen LogP contribution in [0.1, 0.15) is 13.8 Å². The molecule has 1 atom stereocenters. The maximum absolute atomic E-state index is 12.4. The van der Waals surface area contributed by atoms with Crippen molar-refractivity contribution < 1.29 is 8.42 Å². The molecule has 2 rings (SSSR count). The molecule has 8 heteroatoms. The number of nitrogens with zero attached hydrogens (tertiary/aromatic N) is 1. The second-order valence-electron chi connectivity index (χ2n) is 4.94. The molecule has 0 bridgehead atoms. The monoisotopic (exact) mass is 364 g/mol. The van der Waals surface area contributed by atoms with Crippen molar-refractivity contribution in [3.05, 3.63) is 18.2 Å². The maximum atomic E-state index is 12.4. The Morgan fingerprint density at radius 1 is 1.43 bits per heavy atom. The minimum absolute atomic E-state index is 0.132. The molecule has 0 aliphatic carbocycles. The Labute approximate surface area is 138 Å². The van der Waals surface area contributed by atoms with Crippen LogP contribution in [-0.4, -0.2) is 31.6 Å². The number of halogens is 1. The van der Waals surface area contributed by atoms with Crippen LogP contribution in [-0.2, 0) is 10.0 Å². The molecule has 1 N–H and O–H groups in total. The van der Waals surface area contributed by atoms with E-state index in [1.54, 1.807) is 30.0 Å². The SMILES string of the molecule is CSc1nc2ccc(S(=O)(=O)N[C@@H](CCl)C(C)C)cc2s1. The predicted octanol–water partition coefficient (Wildman–Crippen LogP) is 3.56. The number of fused-ring (bicyclic) bond motifs is 1. The lowest BCUT2D eigenvalue weighted by atomic mass is 10.1. The van der Waals surface area contributed by atoms with E-state index in [4.69, 9.17) is 11.6 Å². The molecule has 0 saturated heterocycles. The number of aromatic nitrogens is 1. The van der Waals surface area contributed by atoms with E-state index in [9.17, 15) is 8.42 Å². The van der Waals surface area contributed by atoms with E-state index < -0.39 is 10.0 Å². The van der Waals surface area contributed by atoms with Gasteiger partial charge >= 0.3 is 0 Å². The second-order valence-corrected chi connectivity index (χ2v) is 9.05. The highest BCUT2D eigenvalue weighted by Crippen LogP contribution is 2.29. The van der Waals surface area contributed by atoms with Crippen LogP contribution in [0.3, 0.4) is 0 Å². The second kappa shape index (κ2) is 6.83. The summed E-state index contributed by atoms with van der Waals surface area (Å²) in [6, 6.07) is 4.71. The summed E-state index contributed by atoms with van der Waals surface area (Å²) >= 11 is 8.88. The van der Waals surface area contributed by atoms with Crippen LogP contribution in [0.5, 0.6) is 0 Å². The molecule has 1 aromatic carbocycles. The van der Waals surface area contributed by atoms with E-state index in [0.717, 1.165) is 14.6 Å². The topological polar surface area (TPSA) is 59.1 Å². The number of thioether (sulfide) groups is 1. The maximum Gasteiger partial charge on any atom is 0.240 e. The van der Waals surface area contributed by atoms with E-state index >= 15 is 0 Å². The highest BCUT2D eigenvalue weighted by Gasteiger charge is 2.22. The molecular formula is C13H17ClN2O2S3. The Balaban J connectivity index is 2.35. The standard InChI is InChI=1S/C13H17ClN2O2S3/c1-8(2)11(7-14)16-21(17,18)9-4-5-10-12(6-9)20-13(15-10)19-3/h4-6,8,11,16H,7H2,1-3H3/t11-/m0/s1. The molecule has 21 heavy (non-hydrogen) atoms. The van der Waals surface area contributed by atoms with Crippen LogP contribution >= 0.6 is 34.7 Å². The van der Waals surface area contributed by atoms with Crippen molar-refractivity contribution in [2.75, 3.05) is 12.1 Å². The molecule has 0 spiro atoms. The van der Waals surface area contributed by atoms with Crippen molar-refractivity contribution in [1.29, 1.82) is 0 Å². The summed E-state index contributed by atoms with van der Waals surface area (Å²) < 4.78 is 29.3. The summed E-state index contributed by atoms with van der Waals surface area (Å²) in [6.07, 6.45) is 1.95. The van der Waals surface area contributed by atoms with Crippen molar-refractivity contribution >= 4 is 54.9 Å². The molecule has 0 fully saturated rings. The zero-order valence-electron chi connectivity index (χ0n) is 12.0. The van der Waals surface area contributed by atoms with Gasteiger partial charge in [-0.05, 0) is 30.4 Å². The van der Waals surface area contributed by atoms with Gasteiger partial charge < -0.3 is 0 Å². The zero-order valence-corrected chi connectivity index (χ0v) is 15.2. The van der Waals surface area contributed by atoms with Gasteiger partial charge in [0, 0.05) is 11.9 Å². The summed E-state index contributed by atoms with van der Waals surface area (Å²) in [6.45, 7) is 3.87. The first-order chi connectivity index (χ1) is 9.87. The van der Waals surface area contributed by atoms with Crippen LogP contribution in [0.25, 0.3) is 10.2 Å². The van der Waals surface area contributed by atoms with Crippen LogP contribution in [0.2, 0.25) is 0 Å². The Morgan fingerprint density at radius 3 is 2.71 bits per heavy atom. The third-order valence-corrected chi connectivity index (χ3v) is 6.93. The highest BCUT2D eigenvalue weighted by molar-refractivity contribution is 8.00. The van der Waals surface area contributed by atoms with Crippen LogP contribution in [0.4, 0.5) is 0 Å². The largest absolute Gasteiger partial charge is 0.240 e. The number of hydrogen-bond acceptors (Lipinski definition) is 5. The number of nitrogens with one attached hydrogen (secondary N) is 1. The summed E-state index contributed by atoms with van der Waals surface area (Å²) in [5, 5.41) is 0. The molecule has 2 aromatic rings. The normalized spacial score (nSPS) is 14.0. The fourth-order valence-electron chi connectivity index (χ4n) is 1.75. The van der Waals surface area contributed by atoms with Gasteiger partial charge in [0.15, 0.2) is 4.34 Å². The number of thiazole rings is 1. The van der Waals surface area contributed by atoms with E-state index in [1.165, 1.54) is 11.3 Å².